The Kier molecular flexibility index (Phi) is 4.81. The third kappa shape index (κ3) is 2.79. The summed E-state index contributed by atoms with van der Waals surface area (Å²) in [5.41, 5.74) is 0.872. The van der Waals surface area contributed by atoms with Crippen molar-refractivity contribution in [3.8, 4) is 5.75 Å². The first-order chi connectivity index (χ1) is 8.54. The molecule has 1 aromatic rings. The summed E-state index contributed by atoms with van der Waals surface area (Å²) in [5.74, 6) is 1.16. The molecular weight excluding hydrogens is 339 g/mol. The molecule has 1 saturated heterocycles. The van der Waals surface area contributed by atoms with Gasteiger partial charge < -0.3 is 9.47 Å². The number of rotatable bonds is 3. The summed E-state index contributed by atoms with van der Waals surface area (Å²) in [5, 5.41) is 0.376. The van der Waals surface area contributed by atoms with Gasteiger partial charge in [0.05, 0.1) is 23.1 Å². The zero-order valence-electron chi connectivity index (χ0n) is 10.3. The standard InChI is InChI=1S/C13H15BrCl2O2/c1-7-3-4-18-12(7)11(16)9-5-8(15)6-10(14)13(9)17-2/h5-7,11-12H,3-4H2,1-2H3. The summed E-state index contributed by atoms with van der Waals surface area (Å²) in [6.45, 7) is 2.91. The van der Waals surface area contributed by atoms with E-state index >= 15 is 0 Å². The molecule has 0 amide bonds. The molecule has 1 aliphatic rings. The number of alkyl halides is 1. The van der Waals surface area contributed by atoms with Crippen LogP contribution >= 0.6 is 39.1 Å². The van der Waals surface area contributed by atoms with Crippen molar-refractivity contribution >= 4 is 39.1 Å². The zero-order chi connectivity index (χ0) is 13.3. The summed E-state index contributed by atoms with van der Waals surface area (Å²) in [6.07, 6.45) is 1.05. The van der Waals surface area contributed by atoms with Gasteiger partial charge in [-0.25, -0.2) is 0 Å². The number of hydrogen-bond donors (Lipinski definition) is 0. The van der Waals surface area contributed by atoms with Gasteiger partial charge in [-0.15, -0.1) is 11.6 Å². The van der Waals surface area contributed by atoms with E-state index < -0.39 is 0 Å². The Morgan fingerprint density at radius 1 is 1.50 bits per heavy atom. The van der Waals surface area contributed by atoms with Crippen LogP contribution in [0.3, 0.4) is 0 Å². The molecule has 0 bridgehead atoms. The van der Waals surface area contributed by atoms with Gasteiger partial charge in [0, 0.05) is 17.2 Å². The van der Waals surface area contributed by atoms with Crippen LogP contribution in [0.25, 0.3) is 0 Å². The largest absolute Gasteiger partial charge is 0.495 e. The molecule has 0 radical (unpaired) electrons. The van der Waals surface area contributed by atoms with E-state index in [1.54, 1.807) is 13.2 Å². The molecule has 3 atom stereocenters. The van der Waals surface area contributed by atoms with Crippen molar-refractivity contribution < 1.29 is 9.47 Å². The Hall–Kier alpha value is 0.0400. The second-order valence-corrected chi connectivity index (χ2v) is 6.27. The lowest BCUT2D eigenvalue weighted by Gasteiger charge is -2.23. The topological polar surface area (TPSA) is 18.5 Å². The molecular formula is C13H15BrCl2O2. The summed E-state index contributed by atoms with van der Waals surface area (Å²) < 4.78 is 11.9. The normalized spacial score (nSPS) is 25.2. The molecule has 0 spiro atoms. The van der Waals surface area contributed by atoms with E-state index in [0.29, 0.717) is 10.9 Å². The lowest BCUT2D eigenvalue weighted by Crippen LogP contribution is -2.20. The van der Waals surface area contributed by atoms with Gasteiger partial charge in [-0.3, -0.25) is 0 Å². The highest BCUT2D eigenvalue weighted by Gasteiger charge is 2.34. The van der Waals surface area contributed by atoms with Gasteiger partial charge in [0.15, 0.2) is 0 Å². The van der Waals surface area contributed by atoms with Crippen molar-refractivity contribution in [3.63, 3.8) is 0 Å². The summed E-state index contributed by atoms with van der Waals surface area (Å²) in [7, 11) is 1.63. The van der Waals surface area contributed by atoms with Crippen molar-refractivity contribution in [2.75, 3.05) is 13.7 Å². The minimum Gasteiger partial charge on any atom is -0.495 e. The lowest BCUT2D eigenvalue weighted by molar-refractivity contribution is 0.0897. The molecule has 18 heavy (non-hydrogen) atoms. The number of hydrogen-bond acceptors (Lipinski definition) is 2. The van der Waals surface area contributed by atoms with Crippen LogP contribution < -0.4 is 4.74 Å². The van der Waals surface area contributed by atoms with Crippen molar-refractivity contribution in [1.29, 1.82) is 0 Å². The highest BCUT2D eigenvalue weighted by atomic mass is 79.9. The van der Waals surface area contributed by atoms with Gasteiger partial charge in [0.2, 0.25) is 0 Å². The van der Waals surface area contributed by atoms with Crippen molar-refractivity contribution in [2.45, 2.75) is 24.8 Å². The van der Waals surface area contributed by atoms with Crippen LogP contribution in [0.5, 0.6) is 5.75 Å². The fraction of sp³-hybridized carbons (Fsp3) is 0.538. The van der Waals surface area contributed by atoms with Gasteiger partial charge in [-0.2, -0.15) is 0 Å². The molecule has 2 nitrogen and oxygen atoms in total. The maximum atomic E-state index is 6.55. The molecule has 0 saturated carbocycles. The first-order valence-corrected chi connectivity index (χ1v) is 7.44. The Balaban J connectivity index is 2.37. The molecule has 1 aliphatic heterocycles. The number of halogens is 3. The Labute approximate surface area is 126 Å². The predicted octanol–water partition coefficient (Wildman–Crippen LogP) is 4.82. The first kappa shape index (κ1) is 14.4. The molecule has 1 fully saturated rings. The van der Waals surface area contributed by atoms with Gasteiger partial charge >= 0.3 is 0 Å². The second kappa shape index (κ2) is 6.00. The molecule has 2 rings (SSSR count). The minimum absolute atomic E-state index is 0.00549. The second-order valence-electron chi connectivity index (χ2n) is 4.51. The minimum atomic E-state index is -0.257. The van der Waals surface area contributed by atoms with Crippen molar-refractivity contribution in [2.24, 2.45) is 5.92 Å². The quantitative estimate of drug-likeness (QED) is 0.725. The smallest absolute Gasteiger partial charge is 0.137 e. The van der Waals surface area contributed by atoms with E-state index in [2.05, 4.69) is 22.9 Å². The number of ether oxygens (including phenoxy) is 2. The van der Waals surface area contributed by atoms with Crippen LogP contribution in [0, 0.1) is 5.92 Å². The average Bonchev–Trinajstić information content (AvgIpc) is 2.73. The molecule has 0 N–H and O–H groups in total. The average molecular weight is 354 g/mol. The molecule has 100 valence electrons. The zero-order valence-corrected chi connectivity index (χ0v) is 13.3. The monoisotopic (exact) mass is 352 g/mol. The van der Waals surface area contributed by atoms with E-state index in [1.165, 1.54) is 0 Å². The molecule has 3 unspecified atom stereocenters. The van der Waals surface area contributed by atoms with Gasteiger partial charge in [0.1, 0.15) is 5.75 Å². The van der Waals surface area contributed by atoms with Crippen LogP contribution in [0.2, 0.25) is 5.02 Å². The summed E-state index contributed by atoms with van der Waals surface area (Å²) in [4.78, 5) is 0. The van der Waals surface area contributed by atoms with E-state index in [1.807, 2.05) is 6.07 Å². The molecule has 1 aromatic carbocycles. The maximum absolute atomic E-state index is 6.55. The molecule has 0 aromatic heterocycles. The maximum Gasteiger partial charge on any atom is 0.137 e. The lowest BCUT2D eigenvalue weighted by atomic mass is 9.96. The van der Waals surface area contributed by atoms with Crippen molar-refractivity contribution in [3.05, 3.63) is 27.2 Å². The van der Waals surface area contributed by atoms with Crippen LogP contribution in [0.4, 0.5) is 0 Å². The van der Waals surface area contributed by atoms with Crippen LogP contribution in [-0.2, 0) is 4.74 Å². The third-order valence-corrected chi connectivity index (χ3v) is 4.56. The van der Waals surface area contributed by atoms with E-state index in [0.717, 1.165) is 28.8 Å². The van der Waals surface area contributed by atoms with E-state index in [9.17, 15) is 0 Å². The fourth-order valence-electron chi connectivity index (χ4n) is 2.27. The SMILES string of the molecule is COc1c(Br)cc(Cl)cc1C(Cl)C1OCCC1C. The van der Waals surface area contributed by atoms with Crippen LogP contribution in [0.1, 0.15) is 24.3 Å². The number of methoxy groups -OCH3 is 1. The van der Waals surface area contributed by atoms with Crippen LogP contribution in [-0.4, -0.2) is 19.8 Å². The predicted molar refractivity (Wildman–Crippen MR) is 77.8 cm³/mol. The summed E-state index contributed by atoms with van der Waals surface area (Å²) in [6, 6.07) is 3.64. The molecule has 1 heterocycles. The number of benzene rings is 1. The Bertz CT molecular complexity index is 439. The molecule has 5 heteroatoms. The van der Waals surface area contributed by atoms with Gasteiger partial charge in [0.25, 0.3) is 0 Å². The van der Waals surface area contributed by atoms with Gasteiger partial charge in [-0.05, 0) is 40.4 Å². The summed E-state index contributed by atoms with van der Waals surface area (Å²) >= 11 is 16.1. The fourth-order valence-corrected chi connectivity index (χ4v) is 3.75. The Morgan fingerprint density at radius 3 is 2.78 bits per heavy atom. The molecule has 0 aliphatic carbocycles. The highest BCUT2D eigenvalue weighted by Crippen LogP contribution is 2.43. The van der Waals surface area contributed by atoms with E-state index in [-0.39, 0.29) is 11.5 Å². The van der Waals surface area contributed by atoms with Crippen molar-refractivity contribution in [1.82, 2.24) is 0 Å². The highest BCUT2D eigenvalue weighted by molar-refractivity contribution is 9.10. The third-order valence-electron chi connectivity index (χ3n) is 3.27. The Morgan fingerprint density at radius 2 is 2.22 bits per heavy atom. The van der Waals surface area contributed by atoms with Gasteiger partial charge in [-0.1, -0.05) is 18.5 Å². The van der Waals surface area contributed by atoms with E-state index in [4.69, 9.17) is 32.7 Å². The first-order valence-electron chi connectivity index (χ1n) is 5.83. The van der Waals surface area contributed by atoms with Crippen LogP contribution in [0.15, 0.2) is 16.6 Å².